The third-order valence-corrected chi connectivity index (χ3v) is 3.40. The fraction of sp³-hybridized carbons (Fsp3) is 0.125. The summed E-state index contributed by atoms with van der Waals surface area (Å²) in [4.78, 5) is 4.40. The van der Waals surface area contributed by atoms with Crippen molar-refractivity contribution in [3.05, 3.63) is 77.2 Å². The van der Waals surface area contributed by atoms with Crippen molar-refractivity contribution in [2.24, 2.45) is 0 Å². The molecule has 0 unspecified atom stereocenters. The van der Waals surface area contributed by atoms with Crippen molar-refractivity contribution in [1.29, 1.82) is 0 Å². The fourth-order valence-electron chi connectivity index (χ4n) is 2.11. The maximum absolute atomic E-state index is 5.88. The number of hydrogen-bond acceptors (Lipinski definition) is 3. The molecule has 1 aromatic carbocycles. The molecular formula is C16H16Cl2N4. The first-order valence-electron chi connectivity index (χ1n) is 6.72. The number of aromatic nitrogens is 3. The van der Waals surface area contributed by atoms with Crippen LogP contribution in [-0.4, -0.2) is 14.8 Å². The Morgan fingerprint density at radius 2 is 1.82 bits per heavy atom. The number of hydrogen-bond donors (Lipinski definition) is 1. The minimum absolute atomic E-state index is 0. The van der Waals surface area contributed by atoms with E-state index >= 15 is 0 Å². The zero-order valence-corrected chi connectivity index (χ0v) is 13.4. The lowest BCUT2D eigenvalue weighted by molar-refractivity contribution is 0.681. The van der Waals surface area contributed by atoms with Gasteiger partial charge in [0.25, 0.3) is 0 Å². The molecule has 0 aliphatic rings. The summed E-state index contributed by atoms with van der Waals surface area (Å²) in [5.41, 5.74) is 2.30. The van der Waals surface area contributed by atoms with Crippen LogP contribution in [0.3, 0.4) is 0 Å². The number of benzene rings is 1. The molecule has 0 aliphatic heterocycles. The molecule has 0 spiro atoms. The molecule has 1 N–H and O–H groups in total. The summed E-state index contributed by atoms with van der Waals surface area (Å²) in [5, 5.41) is 8.41. The SMILES string of the molecule is Cl.Clc1ccc(CNCc2cccnc2-n2cccn2)cc1. The lowest BCUT2D eigenvalue weighted by Gasteiger charge is -2.09. The maximum atomic E-state index is 5.88. The van der Waals surface area contributed by atoms with Gasteiger partial charge in [-0.1, -0.05) is 29.8 Å². The van der Waals surface area contributed by atoms with Crippen molar-refractivity contribution in [1.82, 2.24) is 20.1 Å². The first-order chi connectivity index (χ1) is 10.3. The van der Waals surface area contributed by atoms with E-state index in [2.05, 4.69) is 21.5 Å². The highest BCUT2D eigenvalue weighted by Gasteiger charge is 2.05. The van der Waals surface area contributed by atoms with Crippen molar-refractivity contribution in [2.75, 3.05) is 0 Å². The topological polar surface area (TPSA) is 42.7 Å². The van der Waals surface area contributed by atoms with Crippen molar-refractivity contribution in [3.8, 4) is 5.82 Å². The van der Waals surface area contributed by atoms with Crippen LogP contribution in [-0.2, 0) is 13.1 Å². The zero-order valence-electron chi connectivity index (χ0n) is 11.8. The second-order valence-corrected chi connectivity index (χ2v) is 5.10. The van der Waals surface area contributed by atoms with E-state index in [0.29, 0.717) is 0 Å². The van der Waals surface area contributed by atoms with E-state index in [1.165, 1.54) is 5.56 Å². The second kappa shape index (κ2) is 7.94. The van der Waals surface area contributed by atoms with Gasteiger partial charge in [-0.05, 0) is 29.8 Å². The molecule has 22 heavy (non-hydrogen) atoms. The molecule has 3 rings (SSSR count). The van der Waals surface area contributed by atoms with E-state index in [9.17, 15) is 0 Å². The average molecular weight is 335 g/mol. The first kappa shape index (κ1) is 16.5. The third kappa shape index (κ3) is 4.07. The van der Waals surface area contributed by atoms with E-state index in [0.717, 1.165) is 29.5 Å². The molecule has 0 aliphatic carbocycles. The van der Waals surface area contributed by atoms with Gasteiger partial charge in [0, 0.05) is 42.3 Å². The lowest BCUT2D eigenvalue weighted by Crippen LogP contribution is -2.15. The highest BCUT2D eigenvalue weighted by molar-refractivity contribution is 6.30. The van der Waals surface area contributed by atoms with Crippen LogP contribution in [0.5, 0.6) is 0 Å². The summed E-state index contributed by atoms with van der Waals surface area (Å²) in [5.74, 6) is 0.853. The van der Waals surface area contributed by atoms with Gasteiger partial charge in [-0.2, -0.15) is 5.10 Å². The Hall–Kier alpha value is -1.88. The summed E-state index contributed by atoms with van der Waals surface area (Å²) in [7, 11) is 0. The van der Waals surface area contributed by atoms with Crippen LogP contribution >= 0.6 is 24.0 Å². The Kier molecular flexibility index (Phi) is 5.95. The van der Waals surface area contributed by atoms with E-state index in [1.54, 1.807) is 17.1 Å². The van der Waals surface area contributed by atoms with Crippen LogP contribution in [0.2, 0.25) is 5.02 Å². The van der Waals surface area contributed by atoms with Gasteiger partial charge in [-0.25, -0.2) is 9.67 Å². The Balaban J connectivity index is 0.00000176. The monoisotopic (exact) mass is 334 g/mol. The summed E-state index contributed by atoms with van der Waals surface area (Å²) < 4.78 is 1.78. The third-order valence-electron chi connectivity index (χ3n) is 3.15. The minimum Gasteiger partial charge on any atom is -0.308 e. The molecule has 0 radical (unpaired) electrons. The van der Waals surface area contributed by atoms with E-state index < -0.39 is 0 Å². The van der Waals surface area contributed by atoms with Crippen LogP contribution in [0.25, 0.3) is 5.82 Å². The Morgan fingerprint density at radius 3 is 2.55 bits per heavy atom. The lowest BCUT2D eigenvalue weighted by atomic mass is 10.2. The average Bonchev–Trinajstić information content (AvgIpc) is 3.04. The standard InChI is InChI=1S/C16H15ClN4.ClH/c17-15-6-4-13(5-7-15)11-18-12-14-3-1-8-19-16(14)21-10-2-9-20-21;/h1-10,18H,11-12H2;1H. The van der Waals surface area contributed by atoms with Gasteiger partial charge in [-0.15, -0.1) is 12.4 Å². The summed E-state index contributed by atoms with van der Waals surface area (Å²) in [6, 6.07) is 13.7. The van der Waals surface area contributed by atoms with Gasteiger partial charge in [0.15, 0.2) is 5.82 Å². The first-order valence-corrected chi connectivity index (χ1v) is 7.10. The Morgan fingerprint density at radius 1 is 1.00 bits per heavy atom. The molecule has 2 heterocycles. The van der Waals surface area contributed by atoms with Crippen molar-refractivity contribution < 1.29 is 0 Å². The number of halogens is 2. The number of pyridine rings is 1. The molecule has 0 atom stereocenters. The second-order valence-electron chi connectivity index (χ2n) is 4.67. The summed E-state index contributed by atoms with van der Waals surface area (Å²) >= 11 is 5.88. The van der Waals surface area contributed by atoms with Gasteiger partial charge >= 0.3 is 0 Å². The zero-order chi connectivity index (χ0) is 14.5. The van der Waals surface area contributed by atoms with Gasteiger partial charge in [0.2, 0.25) is 0 Å². The molecule has 4 nitrogen and oxygen atoms in total. The van der Waals surface area contributed by atoms with Crippen LogP contribution in [0, 0.1) is 0 Å². The molecule has 2 aromatic heterocycles. The molecular weight excluding hydrogens is 319 g/mol. The van der Waals surface area contributed by atoms with E-state index in [-0.39, 0.29) is 12.4 Å². The van der Waals surface area contributed by atoms with Crippen molar-refractivity contribution in [2.45, 2.75) is 13.1 Å². The predicted molar refractivity (Wildman–Crippen MR) is 90.6 cm³/mol. The number of nitrogens with zero attached hydrogens (tertiary/aromatic N) is 3. The Labute approximate surface area is 140 Å². The van der Waals surface area contributed by atoms with Crippen LogP contribution < -0.4 is 5.32 Å². The Bertz CT molecular complexity index is 696. The van der Waals surface area contributed by atoms with Gasteiger partial charge in [0.1, 0.15) is 0 Å². The highest BCUT2D eigenvalue weighted by Crippen LogP contribution is 2.11. The predicted octanol–water partition coefficient (Wildman–Crippen LogP) is 3.63. The largest absolute Gasteiger partial charge is 0.308 e. The molecule has 0 saturated carbocycles. The molecule has 114 valence electrons. The summed E-state index contributed by atoms with van der Waals surface area (Å²) in [6.07, 6.45) is 5.42. The van der Waals surface area contributed by atoms with E-state index in [1.807, 2.05) is 42.6 Å². The van der Waals surface area contributed by atoms with Crippen LogP contribution in [0.15, 0.2) is 61.1 Å². The number of rotatable bonds is 5. The molecule has 0 saturated heterocycles. The molecule has 0 fully saturated rings. The summed E-state index contributed by atoms with van der Waals surface area (Å²) in [6.45, 7) is 1.51. The van der Waals surface area contributed by atoms with Gasteiger partial charge < -0.3 is 5.32 Å². The van der Waals surface area contributed by atoms with Gasteiger partial charge in [0.05, 0.1) is 0 Å². The van der Waals surface area contributed by atoms with Crippen molar-refractivity contribution in [3.63, 3.8) is 0 Å². The van der Waals surface area contributed by atoms with Crippen molar-refractivity contribution >= 4 is 24.0 Å². The van der Waals surface area contributed by atoms with Crippen LogP contribution in [0.1, 0.15) is 11.1 Å². The smallest absolute Gasteiger partial charge is 0.157 e. The fourth-order valence-corrected chi connectivity index (χ4v) is 2.24. The normalized spacial score (nSPS) is 10.2. The highest BCUT2D eigenvalue weighted by atomic mass is 35.5. The molecule has 3 aromatic rings. The molecule has 0 amide bonds. The quantitative estimate of drug-likeness (QED) is 0.774. The van der Waals surface area contributed by atoms with Gasteiger partial charge in [-0.3, -0.25) is 0 Å². The molecule has 6 heteroatoms. The van der Waals surface area contributed by atoms with Crippen LogP contribution in [0.4, 0.5) is 0 Å². The maximum Gasteiger partial charge on any atom is 0.157 e. The number of nitrogens with one attached hydrogen (secondary N) is 1. The van der Waals surface area contributed by atoms with E-state index in [4.69, 9.17) is 11.6 Å². The minimum atomic E-state index is 0. The molecule has 0 bridgehead atoms.